The van der Waals surface area contributed by atoms with E-state index in [9.17, 15) is 0 Å². The van der Waals surface area contributed by atoms with Crippen LogP contribution in [0.1, 0.15) is 11.6 Å². The van der Waals surface area contributed by atoms with Crippen LogP contribution in [0.15, 0.2) is 0 Å². The first kappa shape index (κ1) is 9.39. The Bertz CT molecular complexity index is 186. The number of nitrogens with zero attached hydrogens (tertiary/aromatic N) is 2. The summed E-state index contributed by atoms with van der Waals surface area (Å²) in [5, 5.41) is 9.61. The molecule has 0 aliphatic rings. The molecule has 1 aromatic heterocycles. The third-order valence-electron chi connectivity index (χ3n) is 0.978. The van der Waals surface area contributed by atoms with E-state index in [0.717, 1.165) is 18.2 Å². The number of halogens is 1. The summed E-state index contributed by atoms with van der Waals surface area (Å²) in [4.78, 5) is 4.07. The minimum atomic E-state index is 0. The molecule has 0 saturated heterocycles. The van der Waals surface area contributed by atoms with E-state index in [2.05, 4.69) is 20.5 Å². The Kier molecular flexibility index (Phi) is 3.99. The van der Waals surface area contributed by atoms with E-state index in [1.165, 1.54) is 0 Å². The molecule has 58 valence electrons. The Hall–Kier alpha value is -0.610. The fourth-order valence-electron chi connectivity index (χ4n) is 0.626. The van der Waals surface area contributed by atoms with Crippen LogP contribution in [0.3, 0.4) is 0 Å². The first-order valence-electron chi connectivity index (χ1n) is 2.85. The van der Waals surface area contributed by atoms with Gasteiger partial charge < -0.3 is 5.32 Å². The summed E-state index contributed by atoms with van der Waals surface area (Å²) in [6.45, 7) is 2.61. The van der Waals surface area contributed by atoms with Gasteiger partial charge in [-0.05, 0) is 14.0 Å². The van der Waals surface area contributed by atoms with Gasteiger partial charge in [-0.25, -0.2) is 4.98 Å². The van der Waals surface area contributed by atoms with E-state index in [4.69, 9.17) is 0 Å². The maximum absolute atomic E-state index is 4.07. The van der Waals surface area contributed by atoms with Crippen molar-refractivity contribution in [3.8, 4) is 0 Å². The molecule has 1 aromatic rings. The van der Waals surface area contributed by atoms with Gasteiger partial charge in [0.15, 0.2) is 5.82 Å². The largest absolute Gasteiger partial charge is 0.313 e. The second kappa shape index (κ2) is 4.24. The predicted octanol–water partition coefficient (Wildman–Crippen LogP) is 0.254. The highest BCUT2D eigenvalue weighted by Crippen LogP contribution is 1.87. The zero-order chi connectivity index (χ0) is 6.69. The molecule has 10 heavy (non-hydrogen) atoms. The van der Waals surface area contributed by atoms with Crippen molar-refractivity contribution in [1.29, 1.82) is 0 Å². The van der Waals surface area contributed by atoms with E-state index in [1.54, 1.807) is 0 Å². The number of aromatic amines is 1. The molecule has 0 fully saturated rings. The third-order valence-corrected chi connectivity index (χ3v) is 0.978. The summed E-state index contributed by atoms with van der Waals surface area (Å²) in [6.07, 6.45) is 0. The molecule has 1 rings (SSSR count). The number of aromatic nitrogens is 3. The van der Waals surface area contributed by atoms with Gasteiger partial charge in [0.2, 0.25) is 0 Å². The van der Waals surface area contributed by atoms with Crippen molar-refractivity contribution in [1.82, 2.24) is 20.5 Å². The van der Waals surface area contributed by atoms with Crippen molar-refractivity contribution < 1.29 is 0 Å². The molecular formula is C5H11ClN4. The molecule has 0 amide bonds. The average Bonchev–Trinajstić information content (AvgIpc) is 2.17. The number of H-pyrrole nitrogens is 1. The number of aryl methyl sites for hydroxylation is 1. The van der Waals surface area contributed by atoms with Crippen molar-refractivity contribution in [2.45, 2.75) is 13.5 Å². The number of hydrogen-bond donors (Lipinski definition) is 2. The van der Waals surface area contributed by atoms with Gasteiger partial charge in [0.1, 0.15) is 5.82 Å². The Balaban J connectivity index is 0.000000810. The summed E-state index contributed by atoms with van der Waals surface area (Å²) >= 11 is 0. The van der Waals surface area contributed by atoms with Gasteiger partial charge in [-0.1, -0.05) is 0 Å². The molecule has 0 bridgehead atoms. The third kappa shape index (κ3) is 2.33. The van der Waals surface area contributed by atoms with Crippen molar-refractivity contribution in [3.63, 3.8) is 0 Å². The van der Waals surface area contributed by atoms with Crippen LogP contribution in [-0.2, 0) is 6.54 Å². The summed E-state index contributed by atoms with van der Waals surface area (Å²) < 4.78 is 0. The molecule has 2 N–H and O–H groups in total. The molecular weight excluding hydrogens is 152 g/mol. The van der Waals surface area contributed by atoms with Crippen LogP contribution in [0.4, 0.5) is 0 Å². The number of nitrogens with one attached hydrogen (secondary N) is 2. The van der Waals surface area contributed by atoms with E-state index in [1.807, 2.05) is 14.0 Å². The molecule has 0 unspecified atom stereocenters. The zero-order valence-electron chi connectivity index (χ0n) is 6.01. The average molecular weight is 163 g/mol. The highest BCUT2D eigenvalue weighted by atomic mass is 35.5. The van der Waals surface area contributed by atoms with E-state index in [0.29, 0.717) is 0 Å². The molecule has 0 aliphatic heterocycles. The smallest absolute Gasteiger partial charge is 0.164 e. The van der Waals surface area contributed by atoms with E-state index < -0.39 is 0 Å². The van der Waals surface area contributed by atoms with Crippen LogP contribution in [0.25, 0.3) is 0 Å². The maximum Gasteiger partial charge on any atom is 0.164 e. The van der Waals surface area contributed by atoms with Crippen LogP contribution in [0.2, 0.25) is 0 Å². The van der Waals surface area contributed by atoms with Crippen molar-refractivity contribution in [2.24, 2.45) is 0 Å². The van der Waals surface area contributed by atoms with Gasteiger partial charge in [0.05, 0.1) is 6.54 Å². The molecule has 0 aromatic carbocycles. The standard InChI is InChI=1S/C5H10N4.ClH/c1-4-7-5(3-6-2)9-8-4;/h6H,3H2,1-2H3,(H,7,8,9);1H. The molecule has 0 saturated carbocycles. The van der Waals surface area contributed by atoms with Gasteiger partial charge in [-0.3, -0.25) is 5.10 Å². The maximum atomic E-state index is 4.07. The Morgan fingerprint density at radius 2 is 2.30 bits per heavy atom. The van der Waals surface area contributed by atoms with Gasteiger partial charge in [-0.15, -0.1) is 12.4 Å². The topological polar surface area (TPSA) is 53.6 Å². The minimum Gasteiger partial charge on any atom is -0.313 e. The first-order valence-corrected chi connectivity index (χ1v) is 2.85. The highest BCUT2D eigenvalue weighted by Gasteiger charge is 1.94. The lowest BCUT2D eigenvalue weighted by Crippen LogP contribution is -2.06. The zero-order valence-corrected chi connectivity index (χ0v) is 6.83. The number of hydrogen-bond acceptors (Lipinski definition) is 3. The molecule has 0 radical (unpaired) electrons. The monoisotopic (exact) mass is 162 g/mol. The quantitative estimate of drug-likeness (QED) is 0.656. The summed E-state index contributed by atoms with van der Waals surface area (Å²) in [6, 6.07) is 0. The predicted molar refractivity (Wildman–Crippen MR) is 41.1 cm³/mol. The van der Waals surface area contributed by atoms with E-state index >= 15 is 0 Å². The molecule has 0 aliphatic carbocycles. The second-order valence-electron chi connectivity index (χ2n) is 1.87. The lowest BCUT2D eigenvalue weighted by atomic mass is 10.6. The van der Waals surface area contributed by atoms with Gasteiger partial charge >= 0.3 is 0 Å². The Morgan fingerprint density at radius 1 is 1.60 bits per heavy atom. The molecule has 1 heterocycles. The fourth-order valence-corrected chi connectivity index (χ4v) is 0.626. The van der Waals surface area contributed by atoms with E-state index in [-0.39, 0.29) is 12.4 Å². The SMILES string of the molecule is CNCc1n[nH]c(C)n1.Cl. The summed E-state index contributed by atoms with van der Waals surface area (Å²) in [7, 11) is 1.87. The molecule has 0 atom stereocenters. The van der Waals surface area contributed by atoms with Crippen molar-refractivity contribution >= 4 is 12.4 Å². The van der Waals surface area contributed by atoms with Crippen molar-refractivity contribution in [3.05, 3.63) is 11.6 Å². The van der Waals surface area contributed by atoms with Crippen LogP contribution < -0.4 is 5.32 Å². The summed E-state index contributed by atoms with van der Waals surface area (Å²) in [5.41, 5.74) is 0. The van der Waals surface area contributed by atoms with Crippen molar-refractivity contribution in [2.75, 3.05) is 7.05 Å². The lowest BCUT2D eigenvalue weighted by molar-refractivity contribution is 0.763. The Labute approximate surface area is 65.8 Å². The Morgan fingerprint density at radius 3 is 2.70 bits per heavy atom. The normalized spacial score (nSPS) is 9.00. The van der Waals surface area contributed by atoms with Crippen LogP contribution >= 0.6 is 12.4 Å². The first-order chi connectivity index (χ1) is 4.33. The van der Waals surface area contributed by atoms with Crippen LogP contribution in [0.5, 0.6) is 0 Å². The second-order valence-corrected chi connectivity index (χ2v) is 1.87. The molecule has 5 heteroatoms. The molecule has 4 nitrogen and oxygen atoms in total. The van der Waals surface area contributed by atoms with Gasteiger partial charge in [0, 0.05) is 0 Å². The fraction of sp³-hybridized carbons (Fsp3) is 0.600. The van der Waals surface area contributed by atoms with Crippen LogP contribution in [0, 0.1) is 6.92 Å². The lowest BCUT2D eigenvalue weighted by Gasteiger charge is -1.86. The minimum absolute atomic E-state index is 0. The molecule has 0 spiro atoms. The number of rotatable bonds is 2. The van der Waals surface area contributed by atoms with Crippen LogP contribution in [-0.4, -0.2) is 22.2 Å². The highest BCUT2D eigenvalue weighted by molar-refractivity contribution is 5.85. The van der Waals surface area contributed by atoms with Gasteiger partial charge in [0.25, 0.3) is 0 Å². The summed E-state index contributed by atoms with van der Waals surface area (Å²) in [5.74, 6) is 1.68. The van der Waals surface area contributed by atoms with Gasteiger partial charge in [-0.2, -0.15) is 5.10 Å².